The molecule has 6 nitrogen and oxygen atoms in total. The van der Waals surface area contributed by atoms with Crippen molar-refractivity contribution in [3.63, 3.8) is 0 Å². The van der Waals surface area contributed by atoms with Gasteiger partial charge < -0.3 is 4.90 Å². The van der Waals surface area contributed by atoms with E-state index in [1.54, 1.807) is 18.3 Å². The van der Waals surface area contributed by atoms with E-state index in [0.29, 0.717) is 6.54 Å². The molecule has 0 atom stereocenters. The van der Waals surface area contributed by atoms with Gasteiger partial charge in [0.15, 0.2) is 5.78 Å². The lowest BCUT2D eigenvalue weighted by atomic mass is 10.1. The van der Waals surface area contributed by atoms with Gasteiger partial charge in [0.1, 0.15) is 0 Å². The molecule has 0 saturated carbocycles. The standard InChI is InChI=1S/C15H15N3O3/c1-11(19)14-9-13(6-7-15(14)18(20)21)17(2)10-12-5-3-4-8-16-12/h3-9H,10H2,1-2H3. The second-order valence-corrected chi connectivity index (χ2v) is 4.69. The number of Topliss-reactive ketones (excluding diaryl/α,β-unsaturated/α-hetero) is 1. The lowest BCUT2D eigenvalue weighted by Gasteiger charge is -2.19. The number of hydrogen-bond acceptors (Lipinski definition) is 5. The molecular weight excluding hydrogens is 270 g/mol. The van der Waals surface area contributed by atoms with Gasteiger partial charge in [0.05, 0.1) is 22.7 Å². The molecule has 0 fully saturated rings. The van der Waals surface area contributed by atoms with Crippen LogP contribution in [0.3, 0.4) is 0 Å². The van der Waals surface area contributed by atoms with Crippen molar-refractivity contribution in [2.45, 2.75) is 13.5 Å². The van der Waals surface area contributed by atoms with Crippen molar-refractivity contribution >= 4 is 17.2 Å². The minimum Gasteiger partial charge on any atom is -0.369 e. The molecule has 108 valence electrons. The maximum atomic E-state index is 11.6. The van der Waals surface area contributed by atoms with Crippen LogP contribution in [0.25, 0.3) is 0 Å². The van der Waals surface area contributed by atoms with Crippen LogP contribution in [0.1, 0.15) is 23.0 Å². The summed E-state index contributed by atoms with van der Waals surface area (Å²) >= 11 is 0. The largest absolute Gasteiger partial charge is 0.369 e. The zero-order valence-electron chi connectivity index (χ0n) is 11.8. The molecule has 1 aromatic carbocycles. The number of aromatic nitrogens is 1. The van der Waals surface area contributed by atoms with E-state index in [1.165, 1.54) is 13.0 Å². The van der Waals surface area contributed by atoms with E-state index >= 15 is 0 Å². The summed E-state index contributed by atoms with van der Waals surface area (Å²) in [5.74, 6) is -0.324. The first-order valence-corrected chi connectivity index (χ1v) is 6.39. The maximum Gasteiger partial charge on any atom is 0.280 e. The van der Waals surface area contributed by atoms with Gasteiger partial charge in [-0.15, -0.1) is 0 Å². The molecule has 21 heavy (non-hydrogen) atoms. The molecule has 0 saturated heterocycles. The third kappa shape index (κ3) is 3.42. The Labute approximate surface area is 122 Å². The van der Waals surface area contributed by atoms with Crippen molar-refractivity contribution in [3.8, 4) is 0 Å². The Hall–Kier alpha value is -2.76. The molecule has 1 heterocycles. The lowest BCUT2D eigenvalue weighted by Crippen LogP contribution is -2.17. The van der Waals surface area contributed by atoms with Crippen molar-refractivity contribution in [1.29, 1.82) is 0 Å². The number of ketones is 1. The van der Waals surface area contributed by atoms with E-state index in [1.807, 2.05) is 30.1 Å². The SMILES string of the molecule is CC(=O)c1cc(N(C)Cc2ccccn2)ccc1[N+](=O)[O-]. The van der Waals surface area contributed by atoms with Crippen LogP contribution in [0, 0.1) is 10.1 Å². The van der Waals surface area contributed by atoms with Gasteiger partial charge in [-0.05, 0) is 31.2 Å². The Morgan fingerprint density at radius 3 is 2.67 bits per heavy atom. The summed E-state index contributed by atoms with van der Waals surface area (Å²) in [6, 6.07) is 10.2. The van der Waals surface area contributed by atoms with Crippen LogP contribution in [0.15, 0.2) is 42.6 Å². The zero-order chi connectivity index (χ0) is 15.4. The first-order valence-electron chi connectivity index (χ1n) is 6.39. The minimum atomic E-state index is -0.542. The average Bonchev–Trinajstić information content (AvgIpc) is 2.47. The number of rotatable bonds is 5. The fraction of sp³-hybridized carbons (Fsp3) is 0.200. The highest BCUT2D eigenvalue weighted by atomic mass is 16.6. The van der Waals surface area contributed by atoms with E-state index in [4.69, 9.17) is 0 Å². The first kappa shape index (κ1) is 14.6. The summed E-state index contributed by atoms with van der Waals surface area (Å²) in [4.78, 5) is 28.1. The summed E-state index contributed by atoms with van der Waals surface area (Å²) in [5.41, 5.74) is 1.56. The van der Waals surface area contributed by atoms with Crippen LogP contribution in [0.2, 0.25) is 0 Å². The number of pyridine rings is 1. The zero-order valence-corrected chi connectivity index (χ0v) is 11.8. The van der Waals surface area contributed by atoms with E-state index < -0.39 is 4.92 Å². The highest BCUT2D eigenvalue weighted by Crippen LogP contribution is 2.25. The number of nitro groups is 1. The number of hydrogen-bond donors (Lipinski definition) is 0. The van der Waals surface area contributed by atoms with Gasteiger partial charge in [0, 0.05) is 25.0 Å². The number of carbonyl (C=O) groups is 1. The third-order valence-electron chi connectivity index (χ3n) is 3.12. The number of anilines is 1. The van der Waals surface area contributed by atoms with E-state index in [2.05, 4.69) is 4.98 Å². The van der Waals surface area contributed by atoms with Crippen LogP contribution < -0.4 is 4.90 Å². The van der Waals surface area contributed by atoms with Gasteiger partial charge >= 0.3 is 0 Å². The van der Waals surface area contributed by atoms with E-state index in [0.717, 1.165) is 11.4 Å². The molecule has 0 aliphatic carbocycles. The monoisotopic (exact) mass is 285 g/mol. The van der Waals surface area contributed by atoms with Crippen molar-refractivity contribution in [2.75, 3.05) is 11.9 Å². The van der Waals surface area contributed by atoms with Crippen LogP contribution in [-0.2, 0) is 6.54 Å². The van der Waals surface area contributed by atoms with Gasteiger partial charge in [-0.1, -0.05) is 6.07 Å². The Morgan fingerprint density at radius 2 is 2.10 bits per heavy atom. The highest BCUT2D eigenvalue weighted by Gasteiger charge is 2.18. The molecule has 0 radical (unpaired) electrons. The summed E-state index contributed by atoms with van der Waals surface area (Å²) < 4.78 is 0. The van der Waals surface area contributed by atoms with Crippen LogP contribution in [0.4, 0.5) is 11.4 Å². The predicted octanol–water partition coefficient (Wildman–Crippen LogP) is 2.83. The molecule has 0 aliphatic heterocycles. The normalized spacial score (nSPS) is 10.2. The Morgan fingerprint density at radius 1 is 1.33 bits per heavy atom. The van der Waals surface area contributed by atoms with Crippen LogP contribution in [0.5, 0.6) is 0 Å². The molecule has 0 spiro atoms. The van der Waals surface area contributed by atoms with Crippen LogP contribution in [-0.4, -0.2) is 22.7 Å². The fourth-order valence-electron chi connectivity index (χ4n) is 2.03. The molecule has 0 bridgehead atoms. The first-order chi connectivity index (χ1) is 9.99. The summed E-state index contributed by atoms with van der Waals surface area (Å²) in [6.45, 7) is 1.88. The van der Waals surface area contributed by atoms with E-state index in [9.17, 15) is 14.9 Å². The van der Waals surface area contributed by atoms with Gasteiger partial charge in [-0.2, -0.15) is 0 Å². The van der Waals surface area contributed by atoms with Gasteiger partial charge in [-0.3, -0.25) is 19.9 Å². The number of benzene rings is 1. The molecule has 2 aromatic rings. The molecule has 2 rings (SSSR count). The molecular formula is C15H15N3O3. The smallest absolute Gasteiger partial charge is 0.280 e. The summed E-state index contributed by atoms with van der Waals surface area (Å²) in [7, 11) is 1.85. The molecule has 1 aromatic heterocycles. The molecule has 0 unspecified atom stereocenters. The number of nitrogens with zero attached hydrogens (tertiary/aromatic N) is 3. The topological polar surface area (TPSA) is 76.3 Å². The van der Waals surface area contributed by atoms with Gasteiger partial charge in [0.2, 0.25) is 0 Å². The average molecular weight is 285 g/mol. The molecule has 0 amide bonds. The highest BCUT2D eigenvalue weighted by molar-refractivity contribution is 5.99. The molecule has 0 aliphatic rings. The Kier molecular flexibility index (Phi) is 4.27. The third-order valence-corrected chi connectivity index (χ3v) is 3.12. The maximum absolute atomic E-state index is 11.6. The molecule has 0 N–H and O–H groups in total. The number of carbonyl (C=O) groups excluding carboxylic acids is 1. The second-order valence-electron chi connectivity index (χ2n) is 4.69. The summed E-state index contributed by atoms with van der Waals surface area (Å²) in [6.07, 6.45) is 1.71. The predicted molar refractivity (Wildman–Crippen MR) is 79.4 cm³/mol. The van der Waals surface area contributed by atoms with Crippen molar-refractivity contribution in [2.24, 2.45) is 0 Å². The quantitative estimate of drug-likeness (QED) is 0.479. The van der Waals surface area contributed by atoms with Crippen LogP contribution >= 0.6 is 0 Å². The minimum absolute atomic E-state index is 0.116. The Balaban J connectivity index is 2.30. The number of nitro benzene ring substituents is 1. The van der Waals surface area contributed by atoms with Crippen molar-refractivity contribution < 1.29 is 9.72 Å². The Bertz CT molecular complexity index is 671. The fourth-order valence-corrected chi connectivity index (χ4v) is 2.03. The molecule has 6 heteroatoms. The van der Waals surface area contributed by atoms with Gasteiger partial charge in [0.25, 0.3) is 5.69 Å². The second kappa shape index (κ2) is 6.13. The van der Waals surface area contributed by atoms with E-state index in [-0.39, 0.29) is 17.0 Å². The van der Waals surface area contributed by atoms with Crippen molar-refractivity contribution in [3.05, 3.63) is 64.0 Å². The summed E-state index contributed by atoms with van der Waals surface area (Å²) in [5, 5.41) is 10.9. The van der Waals surface area contributed by atoms with Crippen molar-refractivity contribution in [1.82, 2.24) is 4.98 Å². The lowest BCUT2D eigenvalue weighted by molar-refractivity contribution is -0.385. The van der Waals surface area contributed by atoms with Gasteiger partial charge in [-0.25, -0.2) is 0 Å².